The second kappa shape index (κ2) is 8.03. The van der Waals surface area contributed by atoms with Crippen LogP contribution in [-0.4, -0.2) is 35.0 Å². The standard InChI is InChI=1S/C18H18O6/c1-23-17-10-12(2-8-15(17)20)3-9-18(22)24-11-16(21)13-4-6-14(19)7-5-13/h2-10,16,19-21H,11H2,1H3/t16-/m1/s1. The van der Waals surface area contributed by atoms with Gasteiger partial charge in [0.05, 0.1) is 7.11 Å². The highest BCUT2D eigenvalue weighted by atomic mass is 16.5. The zero-order valence-electron chi connectivity index (χ0n) is 13.0. The maximum atomic E-state index is 11.7. The van der Waals surface area contributed by atoms with Crippen molar-refractivity contribution in [1.82, 2.24) is 0 Å². The van der Waals surface area contributed by atoms with Crippen LogP contribution in [0.1, 0.15) is 17.2 Å². The van der Waals surface area contributed by atoms with Gasteiger partial charge in [-0.25, -0.2) is 4.79 Å². The summed E-state index contributed by atoms with van der Waals surface area (Å²) in [4.78, 5) is 11.7. The number of ether oxygens (including phenoxy) is 2. The third kappa shape index (κ3) is 4.76. The van der Waals surface area contributed by atoms with E-state index in [2.05, 4.69) is 0 Å². The number of esters is 1. The Morgan fingerprint density at radius 1 is 1.17 bits per heavy atom. The lowest BCUT2D eigenvalue weighted by Crippen LogP contribution is -2.10. The van der Waals surface area contributed by atoms with Gasteiger partial charge >= 0.3 is 5.97 Å². The number of hydrogen-bond acceptors (Lipinski definition) is 6. The Balaban J connectivity index is 1.89. The fourth-order valence-electron chi connectivity index (χ4n) is 1.96. The van der Waals surface area contributed by atoms with E-state index >= 15 is 0 Å². The summed E-state index contributed by atoms with van der Waals surface area (Å²) in [7, 11) is 1.43. The number of phenolic OH excluding ortho intramolecular Hbond substituents is 2. The zero-order chi connectivity index (χ0) is 17.5. The molecular formula is C18H18O6. The molecule has 0 unspecified atom stereocenters. The number of aliphatic hydroxyl groups excluding tert-OH is 1. The summed E-state index contributed by atoms with van der Waals surface area (Å²) in [5.74, 6) is -0.211. The maximum absolute atomic E-state index is 11.7. The Labute approximate surface area is 139 Å². The summed E-state index contributed by atoms with van der Waals surface area (Å²) >= 11 is 0. The molecule has 0 spiro atoms. The lowest BCUT2D eigenvalue weighted by Gasteiger charge is -2.10. The van der Waals surface area contributed by atoms with Crippen molar-refractivity contribution in [2.24, 2.45) is 0 Å². The molecule has 0 aromatic heterocycles. The number of carbonyl (C=O) groups excluding carboxylic acids is 1. The van der Waals surface area contributed by atoms with Crippen molar-refractivity contribution in [3.63, 3.8) is 0 Å². The van der Waals surface area contributed by atoms with E-state index in [0.717, 1.165) is 0 Å². The molecule has 1 atom stereocenters. The van der Waals surface area contributed by atoms with E-state index in [1.807, 2.05) is 0 Å². The highest BCUT2D eigenvalue weighted by Gasteiger charge is 2.10. The molecule has 2 aromatic carbocycles. The Kier molecular flexibility index (Phi) is 5.81. The van der Waals surface area contributed by atoms with Gasteiger partial charge in [0, 0.05) is 6.08 Å². The molecule has 0 radical (unpaired) electrons. The van der Waals surface area contributed by atoms with Crippen molar-refractivity contribution in [1.29, 1.82) is 0 Å². The van der Waals surface area contributed by atoms with Gasteiger partial charge in [0.1, 0.15) is 18.5 Å². The molecule has 0 saturated carbocycles. The highest BCUT2D eigenvalue weighted by Crippen LogP contribution is 2.26. The van der Waals surface area contributed by atoms with Gasteiger partial charge in [0.25, 0.3) is 0 Å². The molecule has 0 heterocycles. The molecule has 2 aromatic rings. The van der Waals surface area contributed by atoms with Crippen molar-refractivity contribution in [3.05, 3.63) is 59.7 Å². The smallest absolute Gasteiger partial charge is 0.330 e. The van der Waals surface area contributed by atoms with Crippen LogP contribution < -0.4 is 4.74 Å². The molecule has 0 bridgehead atoms. The van der Waals surface area contributed by atoms with Crippen molar-refractivity contribution in [2.45, 2.75) is 6.10 Å². The lowest BCUT2D eigenvalue weighted by molar-refractivity contribution is -0.140. The van der Waals surface area contributed by atoms with Crippen molar-refractivity contribution >= 4 is 12.0 Å². The van der Waals surface area contributed by atoms with Gasteiger partial charge in [-0.15, -0.1) is 0 Å². The first-order valence-electron chi connectivity index (χ1n) is 7.18. The highest BCUT2D eigenvalue weighted by molar-refractivity contribution is 5.87. The Morgan fingerprint density at radius 3 is 2.54 bits per heavy atom. The summed E-state index contributed by atoms with van der Waals surface area (Å²) in [6, 6.07) is 10.6. The summed E-state index contributed by atoms with van der Waals surface area (Å²) in [5.41, 5.74) is 1.19. The predicted molar refractivity (Wildman–Crippen MR) is 87.7 cm³/mol. The molecule has 0 fully saturated rings. The molecule has 0 aliphatic heterocycles. The topological polar surface area (TPSA) is 96.2 Å². The quantitative estimate of drug-likeness (QED) is 0.556. The van der Waals surface area contributed by atoms with E-state index in [0.29, 0.717) is 16.9 Å². The van der Waals surface area contributed by atoms with Crippen LogP contribution in [0.25, 0.3) is 6.08 Å². The predicted octanol–water partition coefficient (Wildman–Crippen LogP) is 2.40. The largest absolute Gasteiger partial charge is 0.508 e. The first-order chi connectivity index (χ1) is 11.5. The average molecular weight is 330 g/mol. The molecule has 2 rings (SSSR count). The van der Waals surface area contributed by atoms with Crippen molar-refractivity contribution in [3.8, 4) is 17.2 Å². The van der Waals surface area contributed by atoms with Crippen LogP contribution in [0, 0.1) is 0 Å². The number of hydrogen-bond donors (Lipinski definition) is 3. The second-order valence-electron chi connectivity index (χ2n) is 5.00. The average Bonchev–Trinajstić information content (AvgIpc) is 2.59. The van der Waals surface area contributed by atoms with E-state index in [-0.39, 0.29) is 18.1 Å². The van der Waals surface area contributed by atoms with Crippen LogP contribution in [0.15, 0.2) is 48.5 Å². The van der Waals surface area contributed by atoms with Crippen LogP contribution in [-0.2, 0) is 9.53 Å². The van der Waals surface area contributed by atoms with Crippen LogP contribution >= 0.6 is 0 Å². The van der Waals surface area contributed by atoms with Gasteiger partial charge in [-0.3, -0.25) is 0 Å². The van der Waals surface area contributed by atoms with E-state index in [9.17, 15) is 20.1 Å². The van der Waals surface area contributed by atoms with E-state index in [4.69, 9.17) is 9.47 Å². The Bertz CT molecular complexity index is 721. The van der Waals surface area contributed by atoms with Crippen LogP contribution in [0.3, 0.4) is 0 Å². The first kappa shape index (κ1) is 17.4. The number of aromatic hydroxyl groups is 2. The molecule has 126 valence electrons. The monoisotopic (exact) mass is 330 g/mol. The SMILES string of the molecule is COc1cc(C=CC(=O)OC[C@@H](O)c2ccc(O)cc2)ccc1O. The van der Waals surface area contributed by atoms with Crippen molar-refractivity contribution in [2.75, 3.05) is 13.7 Å². The number of rotatable bonds is 6. The fraction of sp³-hybridized carbons (Fsp3) is 0.167. The van der Waals surface area contributed by atoms with Gasteiger partial charge in [-0.05, 0) is 41.5 Å². The minimum absolute atomic E-state index is 0.00856. The Morgan fingerprint density at radius 2 is 1.88 bits per heavy atom. The van der Waals surface area contributed by atoms with E-state index < -0.39 is 12.1 Å². The Hall–Kier alpha value is -2.99. The normalized spacial score (nSPS) is 12.1. The summed E-state index contributed by atoms with van der Waals surface area (Å²) in [6.07, 6.45) is 1.75. The van der Waals surface area contributed by atoms with Crippen LogP contribution in [0.5, 0.6) is 17.2 Å². The van der Waals surface area contributed by atoms with E-state index in [1.165, 1.54) is 37.5 Å². The molecule has 0 amide bonds. The zero-order valence-corrected chi connectivity index (χ0v) is 13.0. The van der Waals surface area contributed by atoms with Gasteiger partial charge < -0.3 is 24.8 Å². The molecular weight excluding hydrogens is 312 g/mol. The van der Waals surface area contributed by atoms with Crippen molar-refractivity contribution < 1.29 is 29.6 Å². The molecule has 6 nitrogen and oxygen atoms in total. The first-order valence-corrected chi connectivity index (χ1v) is 7.18. The van der Waals surface area contributed by atoms with Crippen LogP contribution in [0.4, 0.5) is 0 Å². The molecule has 0 aliphatic carbocycles. The summed E-state index contributed by atoms with van der Waals surface area (Å²) in [5, 5.41) is 28.6. The van der Waals surface area contributed by atoms with Gasteiger partial charge in [0.2, 0.25) is 0 Å². The minimum Gasteiger partial charge on any atom is -0.508 e. The van der Waals surface area contributed by atoms with Gasteiger partial charge in [-0.1, -0.05) is 18.2 Å². The number of methoxy groups -OCH3 is 1. The lowest BCUT2D eigenvalue weighted by atomic mass is 10.1. The van der Waals surface area contributed by atoms with Gasteiger partial charge in [0.15, 0.2) is 11.5 Å². The third-order valence-corrected chi connectivity index (χ3v) is 3.28. The summed E-state index contributed by atoms with van der Waals surface area (Å²) < 4.78 is 9.95. The maximum Gasteiger partial charge on any atom is 0.330 e. The molecule has 3 N–H and O–H groups in total. The molecule has 0 aliphatic rings. The second-order valence-corrected chi connectivity index (χ2v) is 5.00. The molecule has 6 heteroatoms. The van der Waals surface area contributed by atoms with E-state index in [1.54, 1.807) is 24.3 Å². The van der Waals surface area contributed by atoms with Gasteiger partial charge in [-0.2, -0.15) is 0 Å². The summed E-state index contributed by atoms with van der Waals surface area (Å²) in [6.45, 7) is -0.202. The number of aliphatic hydroxyl groups is 1. The number of benzene rings is 2. The fourth-order valence-corrected chi connectivity index (χ4v) is 1.96. The minimum atomic E-state index is -0.975. The molecule has 0 saturated heterocycles. The molecule has 24 heavy (non-hydrogen) atoms. The number of carbonyl (C=O) groups is 1. The van der Waals surface area contributed by atoms with Crippen LogP contribution in [0.2, 0.25) is 0 Å². The number of phenols is 2. The third-order valence-electron chi connectivity index (χ3n) is 3.28.